The number of nitrogens with one attached hydrogen (secondary N) is 1. The third-order valence-electron chi connectivity index (χ3n) is 2.49. The van der Waals surface area contributed by atoms with Crippen LogP contribution in [0.3, 0.4) is 0 Å². The van der Waals surface area contributed by atoms with Crippen LogP contribution in [0.25, 0.3) is 10.1 Å². The molecule has 0 spiro atoms. The number of halogens is 1. The van der Waals surface area contributed by atoms with E-state index in [0.717, 1.165) is 11.3 Å². The fourth-order valence-electron chi connectivity index (χ4n) is 1.50. The number of benzene rings is 1. The van der Waals surface area contributed by atoms with Crippen LogP contribution < -0.4 is 10.5 Å². The molecule has 0 saturated heterocycles. The van der Waals surface area contributed by atoms with Crippen molar-refractivity contribution in [3.05, 3.63) is 28.9 Å². The molecule has 0 radical (unpaired) electrons. The maximum absolute atomic E-state index is 13.8. The number of carbonyl (C=O) groups excluding carboxylic acids is 1. The normalized spacial score (nSPS) is 11.7. The molecule has 0 fully saturated rings. The first-order chi connectivity index (χ1) is 8.82. The molecule has 1 aromatic carbocycles. The predicted molar refractivity (Wildman–Crippen MR) is 73.4 cm³/mol. The van der Waals surface area contributed by atoms with Crippen molar-refractivity contribution in [2.45, 2.75) is 6.92 Å². The molecule has 0 aliphatic rings. The Bertz CT molecular complexity index is 753. The summed E-state index contributed by atoms with van der Waals surface area (Å²) in [5.74, 6) is -1.44. The minimum Gasteiger partial charge on any atom is -0.365 e. The van der Waals surface area contributed by atoms with Crippen LogP contribution in [0, 0.1) is 5.82 Å². The number of sulfonamides is 1. The van der Waals surface area contributed by atoms with E-state index in [-0.39, 0.29) is 11.4 Å². The van der Waals surface area contributed by atoms with Gasteiger partial charge in [-0.25, -0.2) is 12.8 Å². The van der Waals surface area contributed by atoms with E-state index in [9.17, 15) is 17.6 Å². The van der Waals surface area contributed by atoms with Crippen LogP contribution in [-0.4, -0.2) is 20.1 Å². The molecule has 0 aliphatic heterocycles. The van der Waals surface area contributed by atoms with Gasteiger partial charge in [-0.1, -0.05) is 0 Å². The molecule has 1 heterocycles. The summed E-state index contributed by atoms with van der Waals surface area (Å²) < 4.78 is 39.3. The molecule has 5 nitrogen and oxygen atoms in total. The summed E-state index contributed by atoms with van der Waals surface area (Å²) in [4.78, 5) is 11.3. The molecule has 0 bridgehead atoms. The lowest BCUT2D eigenvalue weighted by Crippen LogP contribution is -2.15. The second-order valence-corrected chi connectivity index (χ2v) is 6.95. The quantitative estimate of drug-likeness (QED) is 0.904. The van der Waals surface area contributed by atoms with Crippen LogP contribution >= 0.6 is 11.3 Å². The van der Waals surface area contributed by atoms with Crippen LogP contribution in [0.15, 0.2) is 18.2 Å². The van der Waals surface area contributed by atoms with Crippen molar-refractivity contribution in [1.29, 1.82) is 0 Å². The van der Waals surface area contributed by atoms with Gasteiger partial charge in [0.1, 0.15) is 5.82 Å². The minimum atomic E-state index is -3.55. The Morgan fingerprint density at radius 3 is 2.68 bits per heavy atom. The maximum atomic E-state index is 13.8. The lowest BCUT2D eigenvalue weighted by atomic mass is 10.2. The van der Waals surface area contributed by atoms with Gasteiger partial charge in [-0.15, -0.1) is 11.3 Å². The lowest BCUT2D eigenvalue weighted by Gasteiger charge is -2.07. The van der Waals surface area contributed by atoms with E-state index < -0.39 is 21.7 Å². The molecule has 19 heavy (non-hydrogen) atoms. The van der Waals surface area contributed by atoms with E-state index >= 15 is 0 Å². The van der Waals surface area contributed by atoms with Gasteiger partial charge in [0.15, 0.2) is 0 Å². The highest BCUT2D eigenvalue weighted by Gasteiger charge is 2.14. The zero-order valence-corrected chi connectivity index (χ0v) is 11.6. The van der Waals surface area contributed by atoms with Crippen LogP contribution in [-0.2, 0) is 10.0 Å². The lowest BCUT2D eigenvalue weighted by molar-refractivity contribution is 0.100. The SMILES string of the molecule is CCS(=O)(=O)Nc1cc2cc(C(N)=O)sc2cc1F. The van der Waals surface area contributed by atoms with Crippen LogP contribution in [0.5, 0.6) is 0 Å². The van der Waals surface area contributed by atoms with Gasteiger partial charge in [0.25, 0.3) is 5.91 Å². The predicted octanol–water partition coefficient (Wildman–Crippen LogP) is 1.90. The van der Waals surface area contributed by atoms with E-state index in [1.54, 1.807) is 0 Å². The maximum Gasteiger partial charge on any atom is 0.258 e. The molecule has 2 aromatic rings. The Morgan fingerprint density at radius 1 is 1.42 bits per heavy atom. The van der Waals surface area contributed by atoms with Crippen molar-refractivity contribution >= 4 is 43.0 Å². The van der Waals surface area contributed by atoms with Crippen molar-refractivity contribution in [2.24, 2.45) is 5.73 Å². The largest absolute Gasteiger partial charge is 0.365 e. The fourth-order valence-corrected chi connectivity index (χ4v) is 3.06. The first kappa shape index (κ1) is 13.8. The number of nitrogens with two attached hydrogens (primary N) is 1. The van der Waals surface area contributed by atoms with Gasteiger partial charge in [0.2, 0.25) is 10.0 Å². The second kappa shape index (κ2) is 4.78. The van der Waals surface area contributed by atoms with E-state index in [1.165, 1.54) is 25.1 Å². The summed E-state index contributed by atoms with van der Waals surface area (Å²) in [6, 6.07) is 4.03. The van der Waals surface area contributed by atoms with Crippen LogP contribution in [0.2, 0.25) is 0 Å². The Kier molecular flexibility index (Phi) is 3.46. The summed E-state index contributed by atoms with van der Waals surface area (Å²) in [5, 5.41) is 0.564. The standard InChI is InChI=1S/C11H11FN2O3S2/c1-2-19(16,17)14-8-3-6-4-10(11(13)15)18-9(6)5-7(8)12/h3-5,14H,2H2,1H3,(H2,13,15). The van der Waals surface area contributed by atoms with Crippen molar-refractivity contribution in [1.82, 2.24) is 0 Å². The molecule has 8 heteroatoms. The molecular weight excluding hydrogens is 291 g/mol. The smallest absolute Gasteiger partial charge is 0.258 e. The molecule has 0 atom stereocenters. The third-order valence-corrected chi connectivity index (χ3v) is 4.90. The van der Waals surface area contributed by atoms with Gasteiger partial charge in [0, 0.05) is 4.70 Å². The van der Waals surface area contributed by atoms with Gasteiger partial charge in [-0.3, -0.25) is 9.52 Å². The van der Waals surface area contributed by atoms with Crippen molar-refractivity contribution in [3.8, 4) is 0 Å². The fraction of sp³-hybridized carbons (Fsp3) is 0.182. The number of anilines is 1. The number of thiophene rings is 1. The first-order valence-corrected chi connectivity index (χ1v) is 7.82. The number of carbonyl (C=O) groups is 1. The number of hydrogen-bond donors (Lipinski definition) is 2. The topological polar surface area (TPSA) is 89.3 Å². The number of rotatable bonds is 4. The Morgan fingerprint density at radius 2 is 2.11 bits per heavy atom. The highest BCUT2D eigenvalue weighted by Crippen LogP contribution is 2.30. The summed E-state index contributed by atoms with van der Waals surface area (Å²) >= 11 is 1.06. The van der Waals surface area contributed by atoms with Gasteiger partial charge in [-0.2, -0.15) is 0 Å². The number of hydrogen-bond acceptors (Lipinski definition) is 4. The summed E-state index contributed by atoms with van der Waals surface area (Å²) in [6.45, 7) is 1.45. The number of fused-ring (bicyclic) bond motifs is 1. The van der Waals surface area contributed by atoms with Crippen LogP contribution in [0.4, 0.5) is 10.1 Å². The van der Waals surface area contributed by atoms with Gasteiger partial charge >= 0.3 is 0 Å². The van der Waals surface area contributed by atoms with Gasteiger partial charge in [-0.05, 0) is 30.5 Å². The van der Waals surface area contributed by atoms with Crippen molar-refractivity contribution in [2.75, 3.05) is 10.5 Å². The Balaban J connectivity index is 2.52. The molecule has 1 amide bonds. The van der Waals surface area contributed by atoms with E-state index in [4.69, 9.17) is 5.73 Å². The average molecular weight is 302 g/mol. The zero-order chi connectivity index (χ0) is 14.2. The number of amides is 1. The van der Waals surface area contributed by atoms with E-state index in [0.29, 0.717) is 15.0 Å². The molecule has 0 saturated carbocycles. The van der Waals surface area contributed by atoms with Crippen molar-refractivity contribution < 1.29 is 17.6 Å². The van der Waals surface area contributed by atoms with E-state index in [1.807, 2.05) is 0 Å². The van der Waals surface area contributed by atoms with Crippen molar-refractivity contribution in [3.63, 3.8) is 0 Å². The Labute approximate surface area is 113 Å². The molecule has 3 N–H and O–H groups in total. The summed E-state index contributed by atoms with van der Waals surface area (Å²) in [7, 11) is -3.55. The van der Waals surface area contributed by atoms with Gasteiger partial charge < -0.3 is 5.73 Å². The van der Waals surface area contributed by atoms with Crippen LogP contribution in [0.1, 0.15) is 16.6 Å². The van der Waals surface area contributed by atoms with E-state index in [2.05, 4.69) is 4.72 Å². The molecule has 0 unspecified atom stereocenters. The average Bonchev–Trinajstić information content (AvgIpc) is 2.72. The Hall–Kier alpha value is -1.67. The molecule has 102 valence electrons. The minimum absolute atomic E-state index is 0.136. The summed E-state index contributed by atoms with van der Waals surface area (Å²) in [5.41, 5.74) is 5.01. The monoisotopic (exact) mass is 302 g/mol. The number of primary amides is 1. The summed E-state index contributed by atoms with van der Waals surface area (Å²) in [6.07, 6.45) is 0. The molecular formula is C11H11FN2O3S2. The highest BCUT2D eigenvalue weighted by atomic mass is 32.2. The first-order valence-electron chi connectivity index (χ1n) is 5.36. The zero-order valence-electron chi connectivity index (χ0n) is 9.94. The van der Waals surface area contributed by atoms with Gasteiger partial charge in [0.05, 0.1) is 16.3 Å². The molecule has 0 aliphatic carbocycles. The second-order valence-electron chi connectivity index (χ2n) is 3.85. The molecule has 1 aromatic heterocycles. The molecule has 2 rings (SSSR count). The third kappa shape index (κ3) is 2.85. The highest BCUT2D eigenvalue weighted by molar-refractivity contribution is 7.92.